The maximum atomic E-state index is 9.46. The first-order valence-corrected chi connectivity index (χ1v) is 6.70. The van der Waals surface area contributed by atoms with E-state index in [1.807, 2.05) is 18.2 Å². The first kappa shape index (κ1) is 15.0. The van der Waals surface area contributed by atoms with E-state index in [9.17, 15) is 5.26 Å². The summed E-state index contributed by atoms with van der Waals surface area (Å²) in [4.78, 5) is 0. The van der Waals surface area contributed by atoms with E-state index < -0.39 is 6.04 Å². The summed E-state index contributed by atoms with van der Waals surface area (Å²) < 4.78 is 10.5. The van der Waals surface area contributed by atoms with Crippen LogP contribution < -0.4 is 14.8 Å². The number of nitrogens with one attached hydrogen (secondary N) is 1. The number of para-hydroxylation sites is 1. The molecular weight excluding hydrogens is 288 g/mol. The molecule has 1 atom stereocenters. The van der Waals surface area contributed by atoms with Gasteiger partial charge in [0.05, 0.1) is 31.0 Å². The Labute approximate surface area is 128 Å². The van der Waals surface area contributed by atoms with E-state index in [0.717, 1.165) is 0 Å². The van der Waals surface area contributed by atoms with Gasteiger partial charge in [0.2, 0.25) is 0 Å². The zero-order chi connectivity index (χ0) is 15.2. The molecule has 0 amide bonds. The van der Waals surface area contributed by atoms with Gasteiger partial charge >= 0.3 is 0 Å². The number of methoxy groups -OCH3 is 2. The van der Waals surface area contributed by atoms with Crippen molar-refractivity contribution in [2.24, 2.45) is 0 Å². The van der Waals surface area contributed by atoms with E-state index in [1.165, 1.54) is 0 Å². The maximum Gasteiger partial charge on any atom is 0.144 e. The number of halogens is 1. The van der Waals surface area contributed by atoms with Crippen LogP contribution in [0.15, 0.2) is 42.5 Å². The van der Waals surface area contributed by atoms with Crippen molar-refractivity contribution in [2.45, 2.75) is 6.04 Å². The van der Waals surface area contributed by atoms with Crippen molar-refractivity contribution in [2.75, 3.05) is 19.5 Å². The third-order valence-electron chi connectivity index (χ3n) is 3.05. The Kier molecular flexibility index (Phi) is 4.91. The summed E-state index contributed by atoms with van der Waals surface area (Å²) in [6, 6.07) is 14.2. The second-order valence-electron chi connectivity index (χ2n) is 4.29. The summed E-state index contributed by atoms with van der Waals surface area (Å²) in [5.41, 5.74) is 1.38. The highest BCUT2D eigenvalue weighted by Crippen LogP contribution is 2.32. The molecule has 2 aromatic carbocycles. The summed E-state index contributed by atoms with van der Waals surface area (Å²) in [7, 11) is 3.14. The third-order valence-corrected chi connectivity index (χ3v) is 3.38. The molecule has 1 N–H and O–H groups in total. The molecule has 0 radical (unpaired) electrons. The summed E-state index contributed by atoms with van der Waals surface area (Å²) in [6.45, 7) is 0. The molecule has 0 saturated heterocycles. The largest absolute Gasteiger partial charge is 0.497 e. The fourth-order valence-corrected chi connectivity index (χ4v) is 2.17. The number of benzene rings is 2. The number of rotatable bonds is 5. The minimum absolute atomic E-state index is 0.555. The zero-order valence-corrected chi connectivity index (χ0v) is 12.5. The number of ether oxygens (including phenoxy) is 2. The van der Waals surface area contributed by atoms with Crippen molar-refractivity contribution in [3.63, 3.8) is 0 Å². The fraction of sp³-hybridized carbons (Fsp3) is 0.188. The number of hydrogen-bond donors (Lipinski definition) is 1. The molecule has 0 aromatic heterocycles. The van der Waals surface area contributed by atoms with Gasteiger partial charge in [-0.25, -0.2) is 0 Å². The van der Waals surface area contributed by atoms with E-state index in [1.54, 1.807) is 38.5 Å². The monoisotopic (exact) mass is 302 g/mol. The molecule has 0 aliphatic carbocycles. The highest BCUT2D eigenvalue weighted by atomic mass is 35.5. The van der Waals surface area contributed by atoms with Crippen LogP contribution in [-0.4, -0.2) is 14.2 Å². The second-order valence-corrected chi connectivity index (χ2v) is 4.70. The molecule has 5 heteroatoms. The van der Waals surface area contributed by atoms with Crippen LogP contribution in [0.25, 0.3) is 0 Å². The van der Waals surface area contributed by atoms with Crippen molar-refractivity contribution in [1.29, 1.82) is 5.26 Å². The van der Waals surface area contributed by atoms with E-state index in [0.29, 0.717) is 27.8 Å². The van der Waals surface area contributed by atoms with Crippen LogP contribution in [0.5, 0.6) is 11.5 Å². The van der Waals surface area contributed by atoms with Crippen LogP contribution >= 0.6 is 11.6 Å². The Morgan fingerprint density at radius 1 is 1.14 bits per heavy atom. The minimum Gasteiger partial charge on any atom is -0.497 e. The lowest BCUT2D eigenvalue weighted by Gasteiger charge is -2.18. The lowest BCUT2D eigenvalue weighted by atomic mass is 10.1. The van der Waals surface area contributed by atoms with Gasteiger partial charge in [-0.15, -0.1) is 0 Å². The molecule has 0 aliphatic heterocycles. The Balaban J connectivity index is 2.38. The molecular formula is C16H15ClN2O2. The molecule has 2 rings (SSSR count). The number of nitrogens with zero attached hydrogens (tertiary/aromatic N) is 1. The summed E-state index contributed by atoms with van der Waals surface area (Å²) >= 11 is 6.12. The topological polar surface area (TPSA) is 54.3 Å². The zero-order valence-electron chi connectivity index (χ0n) is 11.8. The third kappa shape index (κ3) is 3.39. The van der Waals surface area contributed by atoms with Gasteiger partial charge in [0.1, 0.15) is 17.5 Å². The Morgan fingerprint density at radius 2 is 1.90 bits per heavy atom. The lowest BCUT2D eigenvalue weighted by Crippen LogP contribution is -2.10. The van der Waals surface area contributed by atoms with E-state index in [4.69, 9.17) is 21.1 Å². The van der Waals surface area contributed by atoms with Gasteiger partial charge in [0.15, 0.2) is 0 Å². The van der Waals surface area contributed by atoms with Crippen molar-refractivity contribution < 1.29 is 9.47 Å². The molecule has 0 spiro atoms. The van der Waals surface area contributed by atoms with Crippen LogP contribution in [-0.2, 0) is 0 Å². The Hall–Kier alpha value is -2.38. The number of nitriles is 1. The second kappa shape index (κ2) is 6.87. The Morgan fingerprint density at radius 3 is 2.52 bits per heavy atom. The first-order chi connectivity index (χ1) is 10.2. The van der Waals surface area contributed by atoms with Gasteiger partial charge in [0, 0.05) is 5.56 Å². The predicted molar refractivity (Wildman–Crippen MR) is 83.0 cm³/mol. The van der Waals surface area contributed by atoms with Gasteiger partial charge in [-0.1, -0.05) is 23.7 Å². The highest BCUT2D eigenvalue weighted by Gasteiger charge is 2.17. The molecule has 0 fully saturated rings. The molecule has 0 aliphatic rings. The average molecular weight is 303 g/mol. The molecule has 1 unspecified atom stereocenters. The summed E-state index contributed by atoms with van der Waals surface area (Å²) in [5.74, 6) is 1.27. The first-order valence-electron chi connectivity index (χ1n) is 6.32. The number of hydrogen-bond acceptors (Lipinski definition) is 4. The van der Waals surface area contributed by atoms with Gasteiger partial charge in [-0.2, -0.15) is 5.26 Å². The molecule has 21 heavy (non-hydrogen) atoms. The molecule has 0 heterocycles. The van der Waals surface area contributed by atoms with Gasteiger partial charge in [-0.3, -0.25) is 0 Å². The smallest absolute Gasteiger partial charge is 0.144 e. The van der Waals surface area contributed by atoms with Crippen LogP contribution in [0.2, 0.25) is 5.02 Å². The average Bonchev–Trinajstić information content (AvgIpc) is 2.53. The van der Waals surface area contributed by atoms with Crippen molar-refractivity contribution in [3.05, 3.63) is 53.1 Å². The fourth-order valence-electron chi connectivity index (χ4n) is 1.98. The molecule has 108 valence electrons. The van der Waals surface area contributed by atoms with E-state index >= 15 is 0 Å². The quantitative estimate of drug-likeness (QED) is 0.906. The van der Waals surface area contributed by atoms with Crippen LogP contribution in [0.3, 0.4) is 0 Å². The molecule has 0 saturated carbocycles. The van der Waals surface area contributed by atoms with Crippen molar-refractivity contribution in [1.82, 2.24) is 0 Å². The van der Waals surface area contributed by atoms with E-state index in [2.05, 4.69) is 11.4 Å². The van der Waals surface area contributed by atoms with Gasteiger partial charge in [-0.05, 0) is 30.3 Å². The summed E-state index contributed by atoms with van der Waals surface area (Å²) in [5, 5.41) is 13.1. The molecule has 2 aromatic rings. The number of anilines is 1. The highest BCUT2D eigenvalue weighted by molar-refractivity contribution is 6.33. The lowest BCUT2D eigenvalue weighted by molar-refractivity contribution is 0.398. The van der Waals surface area contributed by atoms with Gasteiger partial charge in [0.25, 0.3) is 0 Å². The normalized spacial score (nSPS) is 11.3. The minimum atomic E-state index is -0.602. The maximum absolute atomic E-state index is 9.46. The molecule has 4 nitrogen and oxygen atoms in total. The van der Waals surface area contributed by atoms with Crippen LogP contribution in [0, 0.1) is 11.3 Å². The van der Waals surface area contributed by atoms with E-state index in [-0.39, 0.29) is 0 Å². The SMILES string of the molecule is COc1ccc(OC)c(C(C#N)Nc2ccccc2Cl)c1. The van der Waals surface area contributed by atoms with Crippen LogP contribution in [0.4, 0.5) is 5.69 Å². The van der Waals surface area contributed by atoms with Crippen molar-refractivity contribution >= 4 is 17.3 Å². The predicted octanol–water partition coefficient (Wildman–Crippen LogP) is 4.03. The molecule has 0 bridgehead atoms. The standard InChI is InChI=1S/C16H15ClN2O2/c1-20-11-7-8-16(21-2)12(9-11)15(10-18)19-14-6-4-3-5-13(14)17/h3-9,15,19H,1-2H3. The Bertz CT molecular complexity index is 668. The van der Waals surface area contributed by atoms with Gasteiger partial charge < -0.3 is 14.8 Å². The van der Waals surface area contributed by atoms with Crippen LogP contribution in [0.1, 0.15) is 11.6 Å². The summed E-state index contributed by atoms with van der Waals surface area (Å²) in [6.07, 6.45) is 0. The van der Waals surface area contributed by atoms with Crippen molar-refractivity contribution in [3.8, 4) is 17.6 Å².